The van der Waals surface area contributed by atoms with Crippen molar-refractivity contribution >= 4 is 33.9 Å². The number of rotatable bonds is 7. The number of nitrogens with two attached hydrogens (primary N) is 1. The molecule has 3 aromatic heterocycles. The Morgan fingerprint density at radius 1 is 1.39 bits per heavy atom. The third kappa shape index (κ3) is 5.92. The number of likely N-dealkylation sites (tertiary alicyclic amines) is 1. The molecule has 0 spiro atoms. The zero-order chi connectivity index (χ0) is 29.5. The van der Waals surface area contributed by atoms with E-state index in [-0.39, 0.29) is 29.5 Å². The van der Waals surface area contributed by atoms with Gasteiger partial charge in [-0.1, -0.05) is 11.6 Å². The minimum Gasteiger partial charge on any atom is -0.473 e. The van der Waals surface area contributed by atoms with Gasteiger partial charge in [-0.05, 0) is 79.0 Å². The standard InChI is InChI=1S/C29H36ClN7O3S/c1-16(18-8-7-11-37(18)5)39-22-12-21(30)35-27(36-22)26-33-15-20(34-26)29(13-23(38)40-28(2,3)4)10-6-9-19-24(29)17(14-31)25(32)41-19/h12,15-16,18H,6-11,13,32H2,1-5H3,(H,33,34)/t16-,18-,29?/m0/s1. The van der Waals surface area contributed by atoms with Crippen LogP contribution in [0.4, 0.5) is 5.00 Å². The monoisotopic (exact) mass is 597 g/mol. The molecule has 12 heteroatoms. The number of aromatic nitrogens is 4. The maximum atomic E-state index is 13.3. The van der Waals surface area contributed by atoms with Crippen LogP contribution >= 0.6 is 22.9 Å². The molecule has 0 amide bonds. The van der Waals surface area contributed by atoms with Gasteiger partial charge in [0.1, 0.15) is 27.9 Å². The highest BCUT2D eigenvalue weighted by Crippen LogP contribution is 2.51. The fourth-order valence-electron chi connectivity index (χ4n) is 6.17. The number of aromatic amines is 1. The van der Waals surface area contributed by atoms with Gasteiger partial charge in [0.15, 0.2) is 5.82 Å². The normalized spacial score (nSPS) is 21.7. The molecule has 3 N–H and O–H groups in total. The minimum atomic E-state index is -0.875. The molecule has 1 unspecified atom stereocenters. The number of hydrogen-bond acceptors (Lipinski definition) is 10. The van der Waals surface area contributed by atoms with E-state index in [0.29, 0.717) is 40.4 Å². The number of nitrogens with one attached hydrogen (secondary N) is 1. The number of aryl methyl sites for hydroxylation is 1. The largest absolute Gasteiger partial charge is 0.473 e. The van der Waals surface area contributed by atoms with Crippen molar-refractivity contribution < 1.29 is 14.3 Å². The average Bonchev–Trinajstić information content (AvgIpc) is 3.61. The Kier molecular flexibility index (Phi) is 8.03. The molecule has 1 saturated heterocycles. The molecule has 0 bridgehead atoms. The second kappa shape index (κ2) is 11.2. The van der Waals surface area contributed by atoms with Crippen LogP contribution in [-0.4, -0.2) is 62.1 Å². The van der Waals surface area contributed by atoms with Crippen LogP contribution in [0.15, 0.2) is 12.3 Å². The van der Waals surface area contributed by atoms with Crippen molar-refractivity contribution in [1.29, 1.82) is 5.26 Å². The number of nitrogens with zero attached hydrogens (tertiary/aromatic N) is 5. The van der Waals surface area contributed by atoms with E-state index >= 15 is 0 Å². The number of nitriles is 1. The van der Waals surface area contributed by atoms with E-state index < -0.39 is 11.0 Å². The molecule has 2 aliphatic rings. The summed E-state index contributed by atoms with van der Waals surface area (Å²) in [6.45, 7) is 8.59. The number of H-pyrrole nitrogens is 1. The van der Waals surface area contributed by atoms with Crippen molar-refractivity contribution in [2.24, 2.45) is 0 Å². The number of carbonyl (C=O) groups is 1. The number of fused-ring (bicyclic) bond motifs is 1. The molecule has 41 heavy (non-hydrogen) atoms. The molecule has 0 saturated carbocycles. The van der Waals surface area contributed by atoms with Crippen LogP contribution in [0.5, 0.6) is 5.88 Å². The lowest BCUT2D eigenvalue weighted by atomic mass is 9.67. The molecule has 0 radical (unpaired) electrons. The van der Waals surface area contributed by atoms with Gasteiger partial charge in [-0.25, -0.2) is 9.97 Å². The lowest BCUT2D eigenvalue weighted by molar-refractivity contribution is -0.156. The van der Waals surface area contributed by atoms with Crippen LogP contribution in [0, 0.1) is 11.3 Å². The van der Waals surface area contributed by atoms with Crippen molar-refractivity contribution in [2.45, 2.75) is 89.4 Å². The summed E-state index contributed by atoms with van der Waals surface area (Å²) in [5.41, 5.74) is 6.61. The molecule has 4 heterocycles. The summed E-state index contributed by atoms with van der Waals surface area (Å²) in [5.74, 6) is 0.664. The number of imidazole rings is 1. The van der Waals surface area contributed by atoms with Crippen molar-refractivity contribution in [3.05, 3.63) is 39.1 Å². The van der Waals surface area contributed by atoms with Gasteiger partial charge in [-0.15, -0.1) is 11.3 Å². The van der Waals surface area contributed by atoms with Crippen LogP contribution < -0.4 is 10.5 Å². The van der Waals surface area contributed by atoms with Gasteiger partial charge in [0.05, 0.1) is 12.0 Å². The maximum Gasteiger partial charge on any atom is 0.307 e. The van der Waals surface area contributed by atoms with Gasteiger partial charge in [0, 0.05) is 34.3 Å². The second-order valence-electron chi connectivity index (χ2n) is 12.0. The number of hydrogen-bond donors (Lipinski definition) is 2. The van der Waals surface area contributed by atoms with Crippen LogP contribution in [0.25, 0.3) is 11.6 Å². The Hall–Kier alpha value is -3.20. The molecule has 218 valence electrons. The van der Waals surface area contributed by atoms with E-state index in [2.05, 4.69) is 38.0 Å². The Morgan fingerprint density at radius 2 is 2.17 bits per heavy atom. The number of halogens is 1. The zero-order valence-electron chi connectivity index (χ0n) is 24.1. The number of esters is 1. The van der Waals surface area contributed by atoms with Crippen molar-refractivity contribution in [2.75, 3.05) is 19.3 Å². The van der Waals surface area contributed by atoms with Crippen LogP contribution in [0.3, 0.4) is 0 Å². The molecular formula is C29H36ClN7O3S. The fraction of sp³-hybridized carbons (Fsp3) is 0.552. The third-order valence-corrected chi connectivity index (χ3v) is 9.14. The maximum absolute atomic E-state index is 13.3. The van der Waals surface area contributed by atoms with Gasteiger partial charge in [0.25, 0.3) is 0 Å². The number of nitrogen functional groups attached to an aromatic ring is 1. The summed E-state index contributed by atoms with van der Waals surface area (Å²) in [4.78, 5) is 33.6. The molecule has 5 rings (SSSR count). The number of anilines is 1. The molecule has 3 aromatic rings. The zero-order valence-corrected chi connectivity index (χ0v) is 25.7. The Balaban J connectivity index is 1.53. The lowest BCUT2D eigenvalue weighted by Gasteiger charge is -2.37. The quantitative estimate of drug-likeness (QED) is 0.275. The van der Waals surface area contributed by atoms with Crippen LogP contribution in [-0.2, 0) is 21.4 Å². The SMILES string of the molecule is C[C@H](Oc1cc(Cl)nc(-c2ncc(C3(CC(=O)OC(C)(C)C)CCCc4sc(N)c(C#N)c43)[nH]2)n1)[C@@H]1CCCN1C. The number of thiophene rings is 1. The van der Waals surface area contributed by atoms with Crippen LogP contribution in [0.2, 0.25) is 5.15 Å². The molecule has 1 fully saturated rings. The fourth-order valence-corrected chi connectivity index (χ4v) is 7.51. The first-order chi connectivity index (χ1) is 19.4. The number of ether oxygens (including phenoxy) is 2. The predicted octanol–water partition coefficient (Wildman–Crippen LogP) is 5.25. The first-order valence-electron chi connectivity index (χ1n) is 13.9. The van der Waals surface area contributed by atoms with E-state index in [9.17, 15) is 10.1 Å². The smallest absolute Gasteiger partial charge is 0.307 e. The first kappa shape index (κ1) is 29.3. The third-order valence-electron chi connectivity index (χ3n) is 7.87. The van der Waals surface area contributed by atoms with Gasteiger partial charge >= 0.3 is 5.97 Å². The lowest BCUT2D eigenvalue weighted by Crippen LogP contribution is -2.38. The molecular weight excluding hydrogens is 562 g/mol. The summed E-state index contributed by atoms with van der Waals surface area (Å²) in [6.07, 6.45) is 6.04. The van der Waals surface area contributed by atoms with E-state index in [1.807, 2.05) is 27.7 Å². The van der Waals surface area contributed by atoms with E-state index in [4.69, 9.17) is 26.8 Å². The van der Waals surface area contributed by atoms with Gasteiger partial charge in [-0.3, -0.25) is 9.69 Å². The predicted molar refractivity (Wildman–Crippen MR) is 158 cm³/mol. The summed E-state index contributed by atoms with van der Waals surface area (Å²) in [5, 5.41) is 10.7. The minimum absolute atomic E-state index is 0.0287. The van der Waals surface area contributed by atoms with E-state index in [0.717, 1.165) is 42.7 Å². The molecule has 1 aliphatic carbocycles. The van der Waals surface area contributed by atoms with Gasteiger partial charge in [-0.2, -0.15) is 10.2 Å². The van der Waals surface area contributed by atoms with E-state index in [1.54, 1.807) is 12.3 Å². The molecule has 1 aliphatic heterocycles. The Bertz CT molecular complexity index is 1490. The van der Waals surface area contributed by atoms with Crippen molar-refractivity contribution in [3.63, 3.8) is 0 Å². The summed E-state index contributed by atoms with van der Waals surface area (Å²) < 4.78 is 12.0. The highest BCUT2D eigenvalue weighted by atomic mass is 35.5. The first-order valence-corrected chi connectivity index (χ1v) is 15.1. The van der Waals surface area contributed by atoms with Crippen molar-refractivity contribution in [1.82, 2.24) is 24.8 Å². The summed E-state index contributed by atoms with van der Waals surface area (Å²) in [7, 11) is 2.10. The number of likely N-dealkylation sites (N-methyl/N-ethyl adjacent to an activating group) is 1. The van der Waals surface area contributed by atoms with Crippen LogP contribution in [0.1, 0.15) is 81.5 Å². The van der Waals surface area contributed by atoms with Crippen molar-refractivity contribution in [3.8, 4) is 23.6 Å². The van der Waals surface area contributed by atoms with E-state index in [1.165, 1.54) is 11.3 Å². The van der Waals surface area contributed by atoms with Gasteiger partial charge in [0.2, 0.25) is 11.7 Å². The second-order valence-corrected chi connectivity index (χ2v) is 13.5. The summed E-state index contributed by atoms with van der Waals surface area (Å²) in [6, 6.07) is 4.18. The molecule has 10 nitrogen and oxygen atoms in total. The average molecular weight is 598 g/mol. The molecule has 0 aromatic carbocycles. The Morgan fingerprint density at radius 3 is 2.85 bits per heavy atom. The van der Waals surface area contributed by atoms with Gasteiger partial charge < -0.3 is 20.2 Å². The number of carbonyl (C=O) groups excluding carboxylic acids is 1. The topological polar surface area (TPSA) is 143 Å². The highest BCUT2D eigenvalue weighted by molar-refractivity contribution is 7.16. The Labute approximate surface area is 249 Å². The highest BCUT2D eigenvalue weighted by Gasteiger charge is 2.46. The summed E-state index contributed by atoms with van der Waals surface area (Å²) >= 11 is 7.81. The molecule has 3 atom stereocenters.